The second-order valence-electron chi connectivity index (χ2n) is 7.32. The van der Waals surface area contributed by atoms with Crippen molar-refractivity contribution in [1.29, 1.82) is 0 Å². The minimum absolute atomic E-state index is 0.0842. The van der Waals surface area contributed by atoms with E-state index in [-0.39, 0.29) is 17.9 Å². The fraction of sp³-hybridized carbons (Fsp3) is 0.706. The molecule has 0 saturated carbocycles. The molecule has 1 N–H and O–H groups in total. The molecule has 22 heavy (non-hydrogen) atoms. The van der Waals surface area contributed by atoms with Crippen LogP contribution in [0, 0.1) is 17.3 Å². The van der Waals surface area contributed by atoms with Crippen molar-refractivity contribution < 1.29 is 9.90 Å². The molecule has 0 aromatic carbocycles. The van der Waals surface area contributed by atoms with Crippen LogP contribution in [-0.2, 0) is 0 Å². The lowest BCUT2D eigenvalue weighted by atomic mass is 9.73. The molecule has 1 aromatic heterocycles. The van der Waals surface area contributed by atoms with Crippen LogP contribution in [0.15, 0.2) is 16.8 Å². The van der Waals surface area contributed by atoms with Crippen LogP contribution >= 0.6 is 11.3 Å². The number of carbonyl (C=O) groups is 1. The van der Waals surface area contributed by atoms with E-state index >= 15 is 0 Å². The zero-order valence-corrected chi connectivity index (χ0v) is 14.3. The monoisotopic (exact) mass is 322 g/mol. The Morgan fingerprint density at radius 1 is 1.50 bits per heavy atom. The Hall–Kier alpha value is -0.910. The molecular formula is C17H26N2O2S. The van der Waals surface area contributed by atoms with Gasteiger partial charge in [-0.3, -0.25) is 4.79 Å². The van der Waals surface area contributed by atoms with Crippen molar-refractivity contribution in [3.05, 3.63) is 22.4 Å². The Morgan fingerprint density at radius 2 is 2.32 bits per heavy atom. The van der Waals surface area contributed by atoms with E-state index in [9.17, 15) is 9.90 Å². The van der Waals surface area contributed by atoms with E-state index in [1.165, 1.54) is 0 Å². The lowest BCUT2D eigenvalue weighted by molar-refractivity contribution is 0.0153. The SMILES string of the molecule is CC(C)CN1CC[C@]2(CO)CN(C(=O)c3ccsc3)C[C@@H]2C1. The number of hydrogen-bond acceptors (Lipinski definition) is 4. The third-order valence-corrected chi connectivity index (χ3v) is 5.89. The minimum Gasteiger partial charge on any atom is -0.396 e. The van der Waals surface area contributed by atoms with Gasteiger partial charge in [0.05, 0.1) is 12.2 Å². The molecule has 0 radical (unpaired) electrons. The quantitative estimate of drug-likeness (QED) is 0.924. The summed E-state index contributed by atoms with van der Waals surface area (Å²) in [6.07, 6.45) is 0.994. The van der Waals surface area contributed by atoms with E-state index < -0.39 is 0 Å². The summed E-state index contributed by atoms with van der Waals surface area (Å²) in [6.45, 7) is 9.32. The first-order chi connectivity index (χ1) is 10.5. The number of amides is 1. The first-order valence-corrected chi connectivity index (χ1v) is 9.13. The summed E-state index contributed by atoms with van der Waals surface area (Å²) in [6, 6.07) is 1.89. The molecule has 122 valence electrons. The summed E-state index contributed by atoms with van der Waals surface area (Å²) in [4.78, 5) is 17.1. The topological polar surface area (TPSA) is 43.8 Å². The summed E-state index contributed by atoms with van der Waals surface area (Å²) >= 11 is 1.56. The lowest BCUT2D eigenvalue weighted by Gasteiger charge is -2.42. The maximum absolute atomic E-state index is 12.6. The van der Waals surface area contributed by atoms with Crippen LogP contribution < -0.4 is 0 Å². The van der Waals surface area contributed by atoms with Crippen molar-refractivity contribution >= 4 is 17.2 Å². The van der Waals surface area contributed by atoms with Crippen LogP contribution in [0.2, 0.25) is 0 Å². The molecule has 2 saturated heterocycles. The molecule has 0 bridgehead atoms. The largest absolute Gasteiger partial charge is 0.396 e. The number of likely N-dealkylation sites (tertiary alicyclic amines) is 2. The first-order valence-electron chi connectivity index (χ1n) is 8.19. The molecule has 1 amide bonds. The predicted octanol–water partition coefficient (Wildman–Crippen LogP) is 2.16. The lowest BCUT2D eigenvalue weighted by Crippen LogP contribution is -2.49. The van der Waals surface area contributed by atoms with E-state index in [1.807, 2.05) is 21.7 Å². The number of nitrogens with zero attached hydrogens (tertiary/aromatic N) is 2. The Labute approximate surface area is 136 Å². The zero-order chi connectivity index (χ0) is 15.7. The van der Waals surface area contributed by atoms with Crippen molar-refractivity contribution in [3.63, 3.8) is 0 Å². The van der Waals surface area contributed by atoms with Gasteiger partial charge >= 0.3 is 0 Å². The predicted molar refractivity (Wildman–Crippen MR) is 89.1 cm³/mol. The van der Waals surface area contributed by atoms with Gasteiger partial charge in [-0.25, -0.2) is 0 Å². The Morgan fingerprint density at radius 3 is 2.95 bits per heavy atom. The molecule has 2 aliphatic rings. The molecule has 3 rings (SSSR count). The number of aliphatic hydroxyl groups is 1. The summed E-state index contributed by atoms with van der Waals surface area (Å²) in [5.41, 5.74) is 0.704. The maximum Gasteiger partial charge on any atom is 0.254 e. The maximum atomic E-state index is 12.6. The van der Waals surface area contributed by atoms with Crippen molar-refractivity contribution in [1.82, 2.24) is 9.80 Å². The van der Waals surface area contributed by atoms with Crippen LogP contribution in [-0.4, -0.2) is 60.1 Å². The highest BCUT2D eigenvalue weighted by Gasteiger charge is 2.50. The third kappa shape index (κ3) is 2.94. The summed E-state index contributed by atoms with van der Waals surface area (Å²) in [5.74, 6) is 1.18. The number of carbonyl (C=O) groups excluding carboxylic acids is 1. The van der Waals surface area contributed by atoms with Gasteiger partial charge in [0.2, 0.25) is 0 Å². The van der Waals surface area contributed by atoms with Crippen molar-refractivity contribution in [3.8, 4) is 0 Å². The van der Waals surface area contributed by atoms with Gasteiger partial charge in [0, 0.05) is 37.0 Å². The van der Waals surface area contributed by atoms with E-state index in [2.05, 4.69) is 18.7 Å². The van der Waals surface area contributed by atoms with Crippen LogP contribution in [0.5, 0.6) is 0 Å². The van der Waals surface area contributed by atoms with Crippen LogP contribution in [0.1, 0.15) is 30.6 Å². The highest BCUT2D eigenvalue weighted by Crippen LogP contribution is 2.43. The van der Waals surface area contributed by atoms with Gasteiger partial charge in [0.1, 0.15) is 0 Å². The summed E-state index contributed by atoms with van der Waals surface area (Å²) in [5, 5.41) is 13.9. The number of rotatable bonds is 4. The van der Waals surface area contributed by atoms with E-state index in [0.29, 0.717) is 18.4 Å². The molecule has 4 nitrogen and oxygen atoms in total. The van der Waals surface area contributed by atoms with Crippen LogP contribution in [0.4, 0.5) is 0 Å². The molecular weight excluding hydrogens is 296 g/mol. The summed E-state index contributed by atoms with van der Waals surface area (Å²) in [7, 11) is 0. The third-order valence-electron chi connectivity index (χ3n) is 5.21. The van der Waals surface area contributed by atoms with Crippen LogP contribution in [0.3, 0.4) is 0 Å². The molecule has 2 aliphatic heterocycles. The molecule has 0 unspecified atom stereocenters. The fourth-order valence-electron chi connectivity index (χ4n) is 4.02. The minimum atomic E-state index is -0.0842. The van der Waals surface area contributed by atoms with Gasteiger partial charge in [-0.05, 0) is 36.2 Å². The molecule has 1 aromatic rings. The highest BCUT2D eigenvalue weighted by atomic mass is 32.1. The Kier molecular flexibility index (Phi) is 4.57. The van der Waals surface area contributed by atoms with Gasteiger partial charge in [0.15, 0.2) is 0 Å². The number of piperidine rings is 1. The van der Waals surface area contributed by atoms with Gasteiger partial charge in [-0.1, -0.05) is 13.8 Å². The standard InChI is InChI=1S/C17H26N2O2S/c1-13(2)7-18-5-4-17(12-20)11-19(9-15(17)8-18)16(21)14-3-6-22-10-14/h3,6,10,13,15,20H,4-5,7-9,11-12H2,1-2H3/t15-,17+/m0/s1. The molecule has 5 heteroatoms. The molecule has 3 heterocycles. The van der Waals surface area contributed by atoms with Gasteiger partial charge in [-0.15, -0.1) is 0 Å². The van der Waals surface area contributed by atoms with Crippen molar-refractivity contribution in [2.75, 3.05) is 39.3 Å². The second kappa shape index (κ2) is 6.30. The molecule has 0 aliphatic carbocycles. The van der Waals surface area contributed by atoms with Crippen molar-refractivity contribution in [2.45, 2.75) is 20.3 Å². The van der Waals surface area contributed by atoms with E-state index in [4.69, 9.17) is 0 Å². The van der Waals surface area contributed by atoms with Crippen molar-refractivity contribution in [2.24, 2.45) is 17.3 Å². The van der Waals surface area contributed by atoms with Crippen LogP contribution in [0.25, 0.3) is 0 Å². The number of fused-ring (bicyclic) bond motifs is 1. The Balaban J connectivity index is 1.72. The second-order valence-corrected chi connectivity index (χ2v) is 8.10. The smallest absolute Gasteiger partial charge is 0.254 e. The average molecular weight is 322 g/mol. The molecule has 2 fully saturated rings. The van der Waals surface area contributed by atoms with Gasteiger partial charge < -0.3 is 14.9 Å². The highest BCUT2D eigenvalue weighted by molar-refractivity contribution is 7.08. The summed E-state index contributed by atoms with van der Waals surface area (Å²) < 4.78 is 0. The zero-order valence-electron chi connectivity index (χ0n) is 13.5. The van der Waals surface area contributed by atoms with E-state index in [1.54, 1.807) is 11.3 Å². The van der Waals surface area contributed by atoms with Gasteiger partial charge in [-0.2, -0.15) is 11.3 Å². The number of hydrogen-bond donors (Lipinski definition) is 1. The van der Waals surface area contributed by atoms with E-state index in [0.717, 1.165) is 38.2 Å². The van der Waals surface area contributed by atoms with Gasteiger partial charge in [0.25, 0.3) is 5.91 Å². The number of thiophene rings is 1. The first kappa shape index (κ1) is 16.0. The number of aliphatic hydroxyl groups excluding tert-OH is 1. The average Bonchev–Trinajstić information content (AvgIpc) is 3.13. The molecule has 0 spiro atoms. The molecule has 2 atom stereocenters. The fourth-order valence-corrected chi connectivity index (χ4v) is 4.65. The Bertz CT molecular complexity index is 517. The normalized spacial score (nSPS) is 29.1.